The van der Waals surface area contributed by atoms with E-state index in [1.165, 1.54) is 6.07 Å². The minimum atomic E-state index is -0.634. The smallest absolute Gasteiger partial charge is 0.240 e. The second kappa shape index (κ2) is 4.97. The second-order valence-electron chi connectivity index (χ2n) is 5.09. The maximum Gasteiger partial charge on any atom is 0.240 e. The molecule has 1 fully saturated rings. The van der Waals surface area contributed by atoms with Crippen molar-refractivity contribution in [1.82, 2.24) is 0 Å². The van der Waals surface area contributed by atoms with Gasteiger partial charge in [0.2, 0.25) is 11.8 Å². The van der Waals surface area contributed by atoms with Gasteiger partial charge in [-0.2, -0.15) is 5.26 Å². The van der Waals surface area contributed by atoms with E-state index in [1.807, 2.05) is 19.9 Å². The zero-order valence-electron chi connectivity index (χ0n) is 11.6. The molecule has 2 amide bonds. The summed E-state index contributed by atoms with van der Waals surface area (Å²) in [7, 11) is 0. The Morgan fingerprint density at radius 3 is 2.50 bits per heavy atom. The van der Waals surface area contributed by atoms with E-state index in [9.17, 15) is 9.59 Å². The van der Waals surface area contributed by atoms with Gasteiger partial charge in [0.25, 0.3) is 0 Å². The number of carbonyl (C=O) groups is 2. The SMILES string of the molecule is CCC1(CC)CC(=O)N(c2ccc(N)cc2C#N)C1=O. The van der Waals surface area contributed by atoms with E-state index in [0.717, 1.165) is 4.90 Å². The molecule has 2 rings (SSSR count). The summed E-state index contributed by atoms with van der Waals surface area (Å²) in [5, 5.41) is 9.17. The number of imide groups is 1. The van der Waals surface area contributed by atoms with Gasteiger partial charge in [0.1, 0.15) is 6.07 Å². The van der Waals surface area contributed by atoms with Crippen molar-refractivity contribution in [1.29, 1.82) is 5.26 Å². The van der Waals surface area contributed by atoms with Crippen LogP contribution in [0.2, 0.25) is 0 Å². The van der Waals surface area contributed by atoms with E-state index < -0.39 is 5.41 Å². The number of hydrogen-bond donors (Lipinski definition) is 1. The fraction of sp³-hybridized carbons (Fsp3) is 0.400. The van der Waals surface area contributed by atoms with Crippen LogP contribution >= 0.6 is 0 Å². The van der Waals surface area contributed by atoms with Crippen molar-refractivity contribution in [3.63, 3.8) is 0 Å². The van der Waals surface area contributed by atoms with Crippen LogP contribution in [0.3, 0.4) is 0 Å². The number of rotatable bonds is 3. The highest BCUT2D eigenvalue weighted by Crippen LogP contribution is 2.42. The molecule has 1 aliphatic rings. The van der Waals surface area contributed by atoms with Gasteiger partial charge in [-0.1, -0.05) is 13.8 Å². The molecule has 0 atom stereocenters. The summed E-state index contributed by atoms with van der Waals surface area (Å²) in [6, 6.07) is 6.62. The van der Waals surface area contributed by atoms with Crippen LogP contribution in [0.25, 0.3) is 0 Å². The number of benzene rings is 1. The van der Waals surface area contributed by atoms with Crippen LogP contribution in [0.5, 0.6) is 0 Å². The topological polar surface area (TPSA) is 87.2 Å². The average Bonchev–Trinajstić information content (AvgIpc) is 2.70. The van der Waals surface area contributed by atoms with E-state index in [2.05, 4.69) is 0 Å². The third-order valence-corrected chi connectivity index (χ3v) is 4.13. The Morgan fingerprint density at radius 1 is 1.35 bits per heavy atom. The first kappa shape index (κ1) is 14.1. The number of hydrogen-bond acceptors (Lipinski definition) is 4. The average molecular weight is 271 g/mol. The monoisotopic (exact) mass is 271 g/mol. The fourth-order valence-electron chi connectivity index (χ4n) is 2.68. The van der Waals surface area contributed by atoms with Crippen molar-refractivity contribution in [3.8, 4) is 6.07 Å². The number of anilines is 2. The quantitative estimate of drug-likeness (QED) is 0.674. The van der Waals surface area contributed by atoms with Crippen molar-refractivity contribution in [2.75, 3.05) is 10.6 Å². The minimum Gasteiger partial charge on any atom is -0.399 e. The highest BCUT2D eigenvalue weighted by Gasteiger charge is 2.50. The molecule has 5 heteroatoms. The summed E-state index contributed by atoms with van der Waals surface area (Å²) >= 11 is 0. The molecule has 104 valence electrons. The van der Waals surface area contributed by atoms with Crippen LogP contribution in [0, 0.1) is 16.7 Å². The molecule has 5 nitrogen and oxygen atoms in total. The van der Waals surface area contributed by atoms with Crippen LogP contribution in [0.4, 0.5) is 11.4 Å². The van der Waals surface area contributed by atoms with Gasteiger partial charge >= 0.3 is 0 Å². The van der Waals surface area contributed by atoms with Crippen molar-refractivity contribution >= 4 is 23.2 Å². The molecule has 0 bridgehead atoms. The lowest BCUT2D eigenvalue weighted by atomic mass is 9.81. The lowest BCUT2D eigenvalue weighted by molar-refractivity contribution is -0.126. The molecule has 1 aliphatic heterocycles. The third-order valence-electron chi connectivity index (χ3n) is 4.13. The predicted molar refractivity (Wildman–Crippen MR) is 75.7 cm³/mol. The first-order valence-electron chi connectivity index (χ1n) is 6.66. The molecule has 0 saturated carbocycles. The summed E-state index contributed by atoms with van der Waals surface area (Å²) in [4.78, 5) is 26.0. The Balaban J connectivity index is 2.52. The van der Waals surface area contributed by atoms with E-state index in [4.69, 9.17) is 11.0 Å². The molecule has 1 aromatic carbocycles. The van der Waals surface area contributed by atoms with Crippen LogP contribution in [-0.4, -0.2) is 11.8 Å². The molecular formula is C15H17N3O2. The van der Waals surface area contributed by atoms with E-state index >= 15 is 0 Å². The molecule has 0 radical (unpaired) electrons. The largest absolute Gasteiger partial charge is 0.399 e. The standard InChI is InChI=1S/C15H17N3O2/c1-3-15(4-2)8-13(19)18(14(15)20)12-6-5-11(17)7-10(12)9-16/h5-7H,3-4,8,17H2,1-2H3. The first-order valence-corrected chi connectivity index (χ1v) is 6.66. The number of nitriles is 1. The molecule has 0 aliphatic carbocycles. The predicted octanol–water partition coefficient (Wildman–Crippen LogP) is 2.21. The number of nitrogens with two attached hydrogens (primary N) is 1. The van der Waals surface area contributed by atoms with Crippen LogP contribution in [0.15, 0.2) is 18.2 Å². The fourth-order valence-corrected chi connectivity index (χ4v) is 2.68. The second-order valence-corrected chi connectivity index (χ2v) is 5.09. The molecule has 1 saturated heterocycles. The molecule has 1 aromatic rings. The van der Waals surface area contributed by atoms with Gasteiger partial charge in [-0.15, -0.1) is 0 Å². The zero-order chi connectivity index (χ0) is 14.9. The number of carbonyl (C=O) groups excluding carboxylic acids is 2. The number of amides is 2. The van der Waals surface area contributed by atoms with Gasteiger partial charge in [-0.25, -0.2) is 4.90 Å². The zero-order valence-corrected chi connectivity index (χ0v) is 11.6. The Hall–Kier alpha value is -2.35. The van der Waals surface area contributed by atoms with Gasteiger partial charge in [-0.05, 0) is 31.0 Å². The van der Waals surface area contributed by atoms with Gasteiger partial charge in [0, 0.05) is 12.1 Å². The first-order chi connectivity index (χ1) is 9.49. The van der Waals surface area contributed by atoms with E-state index in [1.54, 1.807) is 12.1 Å². The Morgan fingerprint density at radius 2 is 2.00 bits per heavy atom. The molecule has 2 N–H and O–H groups in total. The van der Waals surface area contributed by atoms with Gasteiger partial charge < -0.3 is 5.73 Å². The normalized spacial score (nSPS) is 17.4. The van der Waals surface area contributed by atoms with Gasteiger partial charge in [0.05, 0.1) is 16.7 Å². The van der Waals surface area contributed by atoms with Crippen LogP contribution in [-0.2, 0) is 9.59 Å². The van der Waals surface area contributed by atoms with Crippen molar-refractivity contribution < 1.29 is 9.59 Å². The van der Waals surface area contributed by atoms with Crippen LogP contribution < -0.4 is 10.6 Å². The summed E-state index contributed by atoms with van der Waals surface area (Å²) in [5.41, 5.74) is 6.01. The maximum absolute atomic E-state index is 12.6. The summed E-state index contributed by atoms with van der Waals surface area (Å²) in [6.45, 7) is 3.82. The lowest BCUT2D eigenvalue weighted by Gasteiger charge is -2.24. The highest BCUT2D eigenvalue weighted by molar-refractivity contribution is 6.23. The maximum atomic E-state index is 12.6. The van der Waals surface area contributed by atoms with E-state index in [-0.39, 0.29) is 23.8 Å². The molecule has 0 spiro atoms. The highest BCUT2D eigenvalue weighted by atomic mass is 16.2. The summed E-state index contributed by atoms with van der Waals surface area (Å²) in [5.74, 6) is -0.464. The number of nitrogens with zero attached hydrogens (tertiary/aromatic N) is 2. The Bertz CT molecular complexity index is 612. The van der Waals surface area contributed by atoms with Crippen molar-refractivity contribution in [2.45, 2.75) is 33.1 Å². The molecule has 1 heterocycles. The molecule has 0 unspecified atom stereocenters. The van der Waals surface area contributed by atoms with Crippen LogP contribution in [0.1, 0.15) is 38.7 Å². The summed E-state index contributed by atoms with van der Waals surface area (Å²) < 4.78 is 0. The molecular weight excluding hydrogens is 254 g/mol. The van der Waals surface area contributed by atoms with Gasteiger partial charge in [-0.3, -0.25) is 9.59 Å². The summed E-state index contributed by atoms with van der Waals surface area (Å²) in [6.07, 6.45) is 1.43. The lowest BCUT2D eigenvalue weighted by Crippen LogP contribution is -2.35. The third kappa shape index (κ3) is 1.94. The number of nitrogen functional groups attached to an aromatic ring is 1. The van der Waals surface area contributed by atoms with E-state index in [0.29, 0.717) is 24.2 Å². The van der Waals surface area contributed by atoms with Crippen molar-refractivity contribution in [3.05, 3.63) is 23.8 Å². The minimum absolute atomic E-state index is 0.202. The van der Waals surface area contributed by atoms with Crippen molar-refractivity contribution in [2.24, 2.45) is 5.41 Å². The Labute approximate surface area is 118 Å². The molecule has 0 aromatic heterocycles. The van der Waals surface area contributed by atoms with Gasteiger partial charge in [0.15, 0.2) is 0 Å². The Kier molecular flexibility index (Phi) is 3.49. The molecule has 20 heavy (non-hydrogen) atoms.